The Labute approximate surface area is 120 Å². The lowest BCUT2D eigenvalue weighted by Gasteiger charge is -2.22. The highest BCUT2D eigenvalue weighted by Crippen LogP contribution is 2.18. The number of rotatable bonds is 4. The van der Waals surface area contributed by atoms with Crippen LogP contribution in [0.4, 0.5) is 0 Å². The molecule has 0 saturated heterocycles. The normalized spacial score (nSPS) is 21.9. The zero-order valence-electron chi connectivity index (χ0n) is 11.8. The molecule has 1 N–H and O–H groups in total. The van der Waals surface area contributed by atoms with Gasteiger partial charge in [-0.2, -0.15) is 13.5 Å². The van der Waals surface area contributed by atoms with E-state index in [1.54, 1.807) is 31.4 Å². The highest BCUT2D eigenvalue weighted by Gasteiger charge is 2.21. The van der Waals surface area contributed by atoms with Crippen molar-refractivity contribution in [1.82, 2.24) is 4.83 Å². The molecule has 0 aromatic heterocycles. The molecule has 0 amide bonds. The predicted molar refractivity (Wildman–Crippen MR) is 78.2 cm³/mol. The molecule has 1 aromatic carbocycles. The Morgan fingerprint density at radius 2 is 1.95 bits per heavy atom. The van der Waals surface area contributed by atoms with Crippen LogP contribution in [0.25, 0.3) is 0 Å². The van der Waals surface area contributed by atoms with E-state index in [9.17, 15) is 8.42 Å². The maximum absolute atomic E-state index is 12.1. The van der Waals surface area contributed by atoms with E-state index in [0.29, 0.717) is 0 Å². The quantitative estimate of drug-likeness (QED) is 0.866. The molecule has 1 saturated carbocycles. The Balaban J connectivity index is 2.13. The van der Waals surface area contributed by atoms with Gasteiger partial charge in [0.1, 0.15) is 0 Å². The maximum Gasteiger partial charge on any atom is 0.276 e. The van der Waals surface area contributed by atoms with Gasteiger partial charge in [-0.05, 0) is 38.3 Å². The van der Waals surface area contributed by atoms with Crippen molar-refractivity contribution >= 4 is 15.7 Å². The second-order valence-electron chi connectivity index (χ2n) is 4.98. The number of hydrogen-bond acceptors (Lipinski definition) is 4. The molecule has 0 radical (unpaired) electrons. The number of sulfonamides is 1. The van der Waals surface area contributed by atoms with Crippen molar-refractivity contribution in [3.63, 3.8) is 0 Å². The Bertz CT molecular complexity index is 579. The molecule has 1 fully saturated rings. The van der Waals surface area contributed by atoms with Crippen molar-refractivity contribution in [2.45, 2.75) is 43.6 Å². The highest BCUT2D eigenvalue weighted by molar-refractivity contribution is 7.89. The smallest absolute Gasteiger partial charge is 0.276 e. The lowest BCUT2D eigenvalue weighted by Crippen LogP contribution is -2.30. The molecule has 1 aromatic rings. The van der Waals surface area contributed by atoms with E-state index in [1.165, 1.54) is 0 Å². The average molecular weight is 296 g/mol. The van der Waals surface area contributed by atoms with Crippen molar-refractivity contribution in [3.05, 3.63) is 29.8 Å². The number of methoxy groups -OCH3 is 1. The van der Waals surface area contributed by atoms with Gasteiger partial charge in [0.15, 0.2) is 0 Å². The van der Waals surface area contributed by atoms with E-state index in [0.717, 1.165) is 37.0 Å². The highest BCUT2D eigenvalue weighted by atomic mass is 32.2. The van der Waals surface area contributed by atoms with Crippen molar-refractivity contribution < 1.29 is 13.2 Å². The van der Waals surface area contributed by atoms with Crippen LogP contribution in [0.1, 0.15) is 31.2 Å². The van der Waals surface area contributed by atoms with Gasteiger partial charge in [-0.3, -0.25) is 0 Å². The van der Waals surface area contributed by atoms with E-state index >= 15 is 0 Å². The summed E-state index contributed by atoms with van der Waals surface area (Å²) >= 11 is 0. The van der Waals surface area contributed by atoms with Gasteiger partial charge in [-0.15, -0.1) is 0 Å². The van der Waals surface area contributed by atoms with Gasteiger partial charge in [-0.1, -0.05) is 24.1 Å². The summed E-state index contributed by atoms with van der Waals surface area (Å²) in [6, 6.07) is 6.68. The van der Waals surface area contributed by atoms with Crippen molar-refractivity contribution in [2.24, 2.45) is 5.10 Å². The Kier molecular flexibility index (Phi) is 4.77. The molecule has 0 spiro atoms. The molecule has 20 heavy (non-hydrogen) atoms. The number of hydrazone groups is 1. The van der Waals surface area contributed by atoms with Gasteiger partial charge in [0.05, 0.1) is 16.7 Å². The van der Waals surface area contributed by atoms with E-state index in [1.807, 2.05) is 6.92 Å². The molecule has 1 atom stereocenters. The first kappa shape index (κ1) is 15.0. The number of ether oxygens (including phenoxy) is 1. The summed E-state index contributed by atoms with van der Waals surface area (Å²) in [5.41, 5.74) is 1.79. The van der Waals surface area contributed by atoms with Gasteiger partial charge in [0.2, 0.25) is 0 Å². The first-order valence-corrected chi connectivity index (χ1v) is 8.19. The molecular weight excluding hydrogens is 276 g/mol. The van der Waals surface area contributed by atoms with Crippen LogP contribution in [0.2, 0.25) is 0 Å². The fraction of sp³-hybridized carbons (Fsp3) is 0.500. The third kappa shape index (κ3) is 3.58. The lowest BCUT2D eigenvalue weighted by molar-refractivity contribution is 0.137. The summed E-state index contributed by atoms with van der Waals surface area (Å²) in [6.07, 6.45) is 3.69. The summed E-state index contributed by atoms with van der Waals surface area (Å²) in [4.78, 5) is 2.53. The van der Waals surface area contributed by atoms with E-state index in [2.05, 4.69) is 9.93 Å². The van der Waals surface area contributed by atoms with Gasteiger partial charge in [0, 0.05) is 7.11 Å². The second-order valence-corrected chi connectivity index (χ2v) is 6.64. The van der Waals surface area contributed by atoms with Gasteiger partial charge in [0.25, 0.3) is 10.0 Å². The van der Waals surface area contributed by atoms with Crippen LogP contribution in [-0.2, 0) is 14.8 Å². The minimum absolute atomic E-state index is 0.0792. The summed E-state index contributed by atoms with van der Waals surface area (Å²) in [5, 5.41) is 4.06. The molecule has 0 aliphatic heterocycles. The molecule has 0 bridgehead atoms. The maximum atomic E-state index is 12.1. The van der Waals surface area contributed by atoms with Crippen LogP contribution in [0.5, 0.6) is 0 Å². The Morgan fingerprint density at radius 1 is 1.25 bits per heavy atom. The fourth-order valence-corrected chi connectivity index (χ4v) is 3.07. The minimum Gasteiger partial charge on any atom is -0.375 e. The zero-order valence-corrected chi connectivity index (χ0v) is 12.6. The summed E-state index contributed by atoms with van der Waals surface area (Å²) in [5.74, 6) is 0. The lowest BCUT2D eigenvalue weighted by atomic mass is 9.96. The summed E-state index contributed by atoms with van der Waals surface area (Å²) < 4.78 is 29.6. The molecule has 5 nitrogen and oxygen atoms in total. The van der Waals surface area contributed by atoms with Crippen LogP contribution in [0, 0.1) is 6.92 Å². The molecule has 0 heterocycles. The number of nitrogens with one attached hydrogen (secondary N) is 1. The average Bonchev–Trinajstić information content (AvgIpc) is 2.46. The molecule has 1 aliphatic rings. The largest absolute Gasteiger partial charge is 0.375 e. The van der Waals surface area contributed by atoms with Gasteiger partial charge >= 0.3 is 0 Å². The predicted octanol–water partition coefficient (Wildman–Crippen LogP) is 2.22. The van der Waals surface area contributed by atoms with E-state index in [-0.39, 0.29) is 11.0 Å². The number of hydrogen-bond donors (Lipinski definition) is 1. The molecule has 2 rings (SSSR count). The first-order valence-electron chi connectivity index (χ1n) is 6.70. The van der Waals surface area contributed by atoms with Crippen molar-refractivity contribution in [2.75, 3.05) is 7.11 Å². The second kappa shape index (κ2) is 6.37. The monoisotopic (exact) mass is 296 g/mol. The molecule has 6 heteroatoms. The Morgan fingerprint density at radius 3 is 2.60 bits per heavy atom. The van der Waals surface area contributed by atoms with Crippen LogP contribution >= 0.6 is 0 Å². The molecule has 110 valence electrons. The molecular formula is C14H20N2O3S. The first-order chi connectivity index (χ1) is 9.53. The Hall–Kier alpha value is -1.40. The zero-order chi connectivity index (χ0) is 14.6. The van der Waals surface area contributed by atoms with Crippen molar-refractivity contribution in [3.8, 4) is 0 Å². The van der Waals surface area contributed by atoms with Crippen LogP contribution in [0.15, 0.2) is 34.3 Å². The van der Waals surface area contributed by atoms with Crippen molar-refractivity contribution in [1.29, 1.82) is 0 Å². The fourth-order valence-electron chi connectivity index (χ4n) is 2.23. The van der Waals surface area contributed by atoms with E-state index in [4.69, 9.17) is 4.74 Å². The third-order valence-corrected chi connectivity index (χ3v) is 4.67. The summed E-state index contributed by atoms with van der Waals surface area (Å²) in [6.45, 7) is 1.91. The number of nitrogens with zero attached hydrogens (tertiary/aromatic N) is 1. The number of aryl methyl sites for hydroxylation is 1. The minimum atomic E-state index is -3.60. The van der Waals surface area contributed by atoms with Crippen LogP contribution in [0.3, 0.4) is 0 Å². The van der Waals surface area contributed by atoms with Crippen LogP contribution < -0.4 is 4.83 Å². The molecule has 1 unspecified atom stereocenters. The van der Waals surface area contributed by atoms with Crippen LogP contribution in [-0.4, -0.2) is 27.3 Å². The molecule has 1 aliphatic carbocycles. The van der Waals surface area contributed by atoms with Gasteiger partial charge < -0.3 is 4.74 Å². The number of benzene rings is 1. The van der Waals surface area contributed by atoms with Gasteiger partial charge in [-0.25, -0.2) is 4.83 Å². The standard InChI is InChI=1S/C14H20N2O3S/c1-11-7-9-12(10-8-11)20(17,18)16-15-13-5-3-4-6-14(13)19-2/h7-10,14,16H,3-6H2,1-2H3/b15-13+. The van der Waals surface area contributed by atoms with E-state index < -0.39 is 10.0 Å². The SMILES string of the molecule is COC1CCCC/C1=N\NS(=O)(=O)c1ccc(C)cc1. The summed E-state index contributed by atoms with van der Waals surface area (Å²) in [7, 11) is -1.98. The third-order valence-electron chi connectivity index (χ3n) is 3.45. The topological polar surface area (TPSA) is 67.8 Å².